The van der Waals surface area contributed by atoms with Gasteiger partial charge < -0.3 is 5.11 Å². The number of carbonyl (C=O) groups excluding carboxylic acids is 1. The molecular formula is C10H10N2O2S2. The van der Waals surface area contributed by atoms with Gasteiger partial charge in [0, 0.05) is 11.5 Å². The zero-order valence-corrected chi connectivity index (χ0v) is 9.98. The highest BCUT2D eigenvalue weighted by Crippen LogP contribution is 2.25. The van der Waals surface area contributed by atoms with Crippen molar-refractivity contribution in [2.24, 2.45) is 5.10 Å². The maximum absolute atomic E-state index is 11.6. The van der Waals surface area contributed by atoms with Gasteiger partial charge in [0.2, 0.25) is 0 Å². The Morgan fingerprint density at radius 2 is 2.00 bits per heavy atom. The Hall–Kier alpha value is -1.14. The third-order valence-corrected chi connectivity index (χ3v) is 4.39. The second-order valence-electron chi connectivity index (χ2n) is 3.03. The summed E-state index contributed by atoms with van der Waals surface area (Å²) in [6.07, 6.45) is 0. The fraction of sp³-hybridized carbons (Fsp3) is 0.200. The van der Waals surface area contributed by atoms with Crippen molar-refractivity contribution in [2.75, 3.05) is 11.5 Å². The third kappa shape index (κ3) is 2.70. The van der Waals surface area contributed by atoms with Crippen LogP contribution in [-0.4, -0.2) is 26.9 Å². The smallest absolute Gasteiger partial charge is 0.275 e. The topological polar surface area (TPSA) is 61.7 Å². The first kappa shape index (κ1) is 11.3. The van der Waals surface area contributed by atoms with Crippen LogP contribution in [-0.2, 0) is 0 Å². The summed E-state index contributed by atoms with van der Waals surface area (Å²) < 4.78 is 0.865. The molecule has 2 N–H and O–H groups in total. The van der Waals surface area contributed by atoms with E-state index in [9.17, 15) is 9.90 Å². The van der Waals surface area contributed by atoms with Crippen molar-refractivity contribution in [1.82, 2.24) is 5.43 Å². The molecule has 0 unspecified atom stereocenters. The lowest BCUT2D eigenvalue weighted by atomic mass is 10.2. The van der Waals surface area contributed by atoms with Crippen LogP contribution in [0.15, 0.2) is 29.4 Å². The summed E-state index contributed by atoms with van der Waals surface area (Å²) in [6.45, 7) is 0. The molecule has 4 nitrogen and oxygen atoms in total. The van der Waals surface area contributed by atoms with Crippen molar-refractivity contribution >= 4 is 33.8 Å². The second-order valence-corrected chi connectivity index (χ2v) is 5.46. The number of hydrogen-bond donors (Lipinski definition) is 2. The Morgan fingerprint density at radius 3 is 2.69 bits per heavy atom. The molecule has 0 radical (unpaired) electrons. The largest absolute Gasteiger partial charge is 0.507 e. The molecule has 1 saturated heterocycles. The van der Waals surface area contributed by atoms with Crippen molar-refractivity contribution in [3.05, 3.63) is 29.8 Å². The molecule has 0 atom stereocenters. The molecule has 1 amide bonds. The molecule has 1 aromatic carbocycles. The summed E-state index contributed by atoms with van der Waals surface area (Å²) in [7, 11) is 0. The van der Waals surface area contributed by atoms with E-state index in [1.807, 2.05) is 0 Å². The van der Waals surface area contributed by atoms with Crippen molar-refractivity contribution in [1.29, 1.82) is 0 Å². The molecule has 84 valence electrons. The average molecular weight is 254 g/mol. The van der Waals surface area contributed by atoms with Crippen LogP contribution in [0.3, 0.4) is 0 Å². The van der Waals surface area contributed by atoms with Gasteiger partial charge in [0.05, 0.1) is 5.56 Å². The van der Waals surface area contributed by atoms with Crippen LogP contribution in [0, 0.1) is 0 Å². The zero-order chi connectivity index (χ0) is 11.4. The van der Waals surface area contributed by atoms with E-state index in [-0.39, 0.29) is 11.3 Å². The third-order valence-electron chi connectivity index (χ3n) is 1.93. The zero-order valence-electron chi connectivity index (χ0n) is 8.34. The normalized spacial score (nSPS) is 14.9. The van der Waals surface area contributed by atoms with Gasteiger partial charge in [0.15, 0.2) is 0 Å². The lowest BCUT2D eigenvalue weighted by molar-refractivity contribution is 0.0952. The van der Waals surface area contributed by atoms with E-state index in [1.54, 1.807) is 41.7 Å². The van der Waals surface area contributed by atoms with Crippen molar-refractivity contribution < 1.29 is 9.90 Å². The molecule has 16 heavy (non-hydrogen) atoms. The van der Waals surface area contributed by atoms with E-state index in [0.717, 1.165) is 15.9 Å². The number of nitrogens with one attached hydrogen (secondary N) is 1. The molecular weight excluding hydrogens is 244 g/mol. The number of benzene rings is 1. The number of amides is 1. The lowest BCUT2D eigenvalue weighted by Crippen LogP contribution is -2.18. The summed E-state index contributed by atoms with van der Waals surface area (Å²) >= 11 is 3.24. The summed E-state index contributed by atoms with van der Waals surface area (Å²) in [6, 6.07) is 6.39. The van der Waals surface area contributed by atoms with Crippen LogP contribution in [0.2, 0.25) is 0 Å². The van der Waals surface area contributed by atoms with Gasteiger partial charge in [-0.25, -0.2) is 5.43 Å². The fourth-order valence-corrected chi connectivity index (χ4v) is 3.26. The molecule has 0 aromatic heterocycles. The number of para-hydroxylation sites is 1. The highest BCUT2D eigenvalue weighted by Gasteiger charge is 2.12. The van der Waals surface area contributed by atoms with Crippen LogP contribution >= 0.6 is 23.5 Å². The lowest BCUT2D eigenvalue weighted by Gasteiger charge is -2.02. The first-order valence-electron chi connectivity index (χ1n) is 4.69. The number of carbonyl (C=O) groups is 1. The van der Waals surface area contributed by atoms with Crippen molar-refractivity contribution in [3.63, 3.8) is 0 Å². The van der Waals surface area contributed by atoms with Gasteiger partial charge in [-0.15, -0.1) is 0 Å². The van der Waals surface area contributed by atoms with Gasteiger partial charge in [-0.1, -0.05) is 35.7 Å². The van der Waals surface area contributed by atoms with Crippen LogP contribution in [0.1, 0.15) is 10.4 Å². The average Bonchev–Trinajstić information content (AvgIpc) is 2.79. The van der Waals surface area contributed by atoms with Gasteiger partial charge in [0.1, 0.15) is 10.1 Å². The number of hydrogen-bond acceptors (Lipinski definition) is 5. The van der Waals surface area contributed by atoms with Gasteiger partial charge >= 0.3 is 0 Å². The molecule has 0 aliphatic carbocycles. The highest BCUT2D eigenvalue weighted by atomic mass is 32.2. The highest BCUT2D eigenvalue weighted by molar-refractivity contribution is 8.41. The van der Waals surface area contributed by atoms with E-state index in [4.69, 9.17) is 0 Å². The fourth-order valence-electron chi connectivity index (χ4n) is 1.19. The first-order chi connectivity index (χ1) is 7.77. The second kappa shape index (κ2) is 5.27. The number of thioether (sulfide) groups is 2. The van der Waals surface area contributed by atoms with Crippen LogP contribution in [0.5, 0.6) is 5.75 Å². The minimum Gasteiger partial charge on any atom is -0.507 e. The minimum atomic E-state index is -0.390. The van der Waals surface area contributed by atoms with Gasteiger partial charge in [-0.3, -0.25) is 4.79 Å². The standard InChI is InChI=1S/C10H10N2O2S2/c13-8-4-2-1-3-7(8)9(14)11-12-10-15-5-6-16-10/h1-4,13H,5-6H2,(H,11,14). The molecule has 6 heteroatoms. The summed E-state index contributed by atoms with van der Waals surface area (Å²) in [4.78, 5) is 11.6. The first-order valence-corrected chi connectivity index (χ1v) is 6.66. The van der Waals surface area contributed by atoms with Crippen molar-refractivity contribution in [2.45, 2.75) is 0 Å². The number of phenolic OH excluding ortho intramolecular Hbond substituents is 1. The maximum Gasteiger partial charge on any atom is 0.275 e. The molecule has 1 aliphatic rings. The summed E-state index contributed by atoms with van der Waals surface area (Å²) in [5.74, 6) is 1.62. The minimum absolute atomic E-state index is 0.0353. The molecule has 1 aromatic rings. The number of hydrazone groups is 1. The number of rotatable bonds is 2. The molecule has 0 bridgehead atoms. The molecule has 1 fully saturated rings. The van der Waals surface area contributed by atoms with Gasteiger partial charge in [-0.05, 0) is 12.1 Å². The monoisotopic (exact) mass is 254 g/mol. The summed E-state index contributed by atoms with van der Waals surface area (Å²) in [5, 5.41) is 13.4. The molecule has 1 aliphatic heterocycles. The van der Waals surface area contributed by atoms with Crippen molar-refractivity contribution in [3.8, 4) is 5.75 Å². The Kier molecular flexibility index (Phi) is 3.74. The molecule has 0 saturated carbocycles. The van der Waals surface area contributed by atoms with Gasteiger partial charge in [0.25, 0.3) is 5.91 Å². The SMILES string of the molecule is O=C(NN=C1SCCS1)c1ccccc1O. The number of phenols is 1. The predicted molar refractivity (Wildman–Crippen MR) is 67.9 cm³/mol. The molecule has 1 heterocycles. The van der Waals surface area contributed by atoms with Crippen LogP contribution < -0.4 is 5.43 Å². The Balaban J connectivity index is 2.03. The van der Waals surface area contributed by atoms with E-state index >= 15 is 0 Å². The Morgan fingerprint density at radius 1 is 1.31 bits per heavy atom. The van der Waals surface area contributed by atoms with Crippen LogP contribution in [0.25, 0.3) is 0 Å². The van der Waals surface area contributed by atoms with E-state index < -0.39 is 5.91 Å². The molecule has 2 rings (SSSR count). The van der Waals surface area contributed by atoms with E-state index in [2.05, 4.69) is 10.5 Å². The van der Waals surface area contributed by atoms with E-state index in [0.29, 0.717) is 0 Å². The number of nitrogens with zero attached hydrogens (tertiary/aromatic N) is 1. The Labute approximate surface area is 102 Å². The Bertz CT molecular complexity index is 427. The van der Waals surface area contributed by atoms with Crippen LogP contribution in [0.4, 0.5) is 0 Å². The van der Waals surface area contributed by atoms with Gasteiger partial charge in [-0.2, -0.15) is 5.10 Å². The summed E-state index contributed by atoms with van der Waals surface area (Å²) in [5.41, 5.74) is 2.67. The molecule has 0 spiro atoms. The number of aromatic hydroxyl groups is 1. The van der Waals surface area contributed by atoms with E-state index in [1.165, 1.54) is 6.07 Å². The quantitative estimate of drug-likeness (QED) is 0.791. The predicted octanol–water partition coefficient (Wildman–Crippen LogP) is 1.87. The maximum atomic E-state index is 11.6.